The van der Waals surface area contributed by atoms with E-state index in [1.807, 2.05) is 12.2 Å². The minimum absolute atomic E-state index is 0.140. The first-order valence-corrected chi connectivity index (χ1v) is 18.3. The number of carbonyl (C=O) groups excluding carboxylic acids is 2. The third-order valence-corrected chi connectivity index (χ3v) is 7.52. The Morgan fingerprint density at radius 1 is 0.467 bits per heavy atom. The van der Waals surface area contributed by atoms with Gasteiger partial charge in [-0.05, 0) is 51.4 Å². The predicted octanol–water partition coefficient (Wildman–Crippen LogP) is 11.2. The van der Waals surface area contributed by atoms with Crippen molar-refractivity contribution in [1.82, 2.24) is 0 Å². The van der Waals surface area contributed by atoms with Gasteiger partial charge in [-0.1, -0.05) is 158 Å². The van der Waals surface area contributed by atoms with Crippen molar-refractivity contribution in [3.05, 3.63) is 60.8 Å². The van der Waals surface area contributed by atoms with Crippen molar-refractivity contribution < 1.29 is 24.2 Å². The number of carbonyl (C=O) groups is 2. The Balaban J connectivity index is 3.60. The number of esters is 2. The summed E-state index contributed by atoms with van der Waals surface area (Å²) in [6.07, 6.45) is 45.6. The van der Waals surface area contributed by atoms with Gasteiger partial charge in [0.05, 0.1) is 0 Å². The number of aliphatic hydroxyl groups is 1. The Morgan fingerprint density at radius 3 is 1.29 bits per heavy atom. The molecule has 0 amide bonds. The van der Waals surface area contributed by atoms with Crippen LogP contribution in [0.3, 0.4) is 0 Å². The van der Waals surface area contributed by atoms with Crippen molar-refractivity contribution in [2.45, 2.75) is 168 Å². The largest absolute Gasteiger partial charge is 0.463 e. The molecule has 0 aromatic heterocycles. The number of aliphatic hydroxyl groups excluding tert-OH is 1. The fraction of sp³-hybridized carbons (Fsp3) is 0.700. The first-order valence-electron chi connectivity index (χ1n) is 18.3. The highest BCUT2D eigenvalue weighted by Crippen LogP contribution is 2.13. The SMILES string of the molecule is CCCCC/C=C\C/C=C\C/C=C\C/C=C\C/C=C\CCC(=O)OC[C@H](O)COC(=O)CCCCCCCCCCCCCC. The van der Waals surface area contributed by atoms with Gasteiger partial charge in [-0.3, -0.25) is 9.59 Å². The topological polar surface area (TPSA) is 72.8 Å². The zero-order chi connectivity index (χ0) is 32.9. The van der Waals surface area contributed by atoms with Crippen LogP contribution in [0.25, 0.3) is 0 Å². The van der Waals surface area contributed by atoms with Crippen LogP contribution in [0.4, 0.5) is 0 Å². The Morgan fingerprint density at radius 2 is 0.822 bits per heavy atom. The normalized spacial score (nSPS) is 12.9. The van der Waals surface area contributed by atoms with E-state index in [4.69, 9.17) is 9.47 Å². The molecular formula is C40H68O5. The average Bonchev–Trinajstić information content (AvgIpc) is 3.04. The third-order valence-electron chi connectivity index (χ3n) is 7.52. The maximum Gasteiger partial charge on any atom is 0.306 e. The van der Waals surface area contributed by atoms with E-state index in [-0.39, 0.29) is 31.6 Å². The Kier molecular flexibility index (Phi) is 34.1. The van der Waals surface area contributed by atoms with E-state index >= 15 is 0 Å². The van der Waals surface area contributed by atoms with Crippen molar-refractivity contribution in [3.8, 4) is 0 Å². The van der Waals surface area contributed by atoms with Crippen LogP contribution in [0.15, 0.2) is 60.8 Å². The summed E-state index contributed by atoms with van der Waals surface area (Å²) in [5, 5.41) is 9.97. The van der Waals surface area contributed by atoms with Crippen molar-refractivity contribution >= 4 is 11.9 Å². The first kappa shape index (κ1) is 42.6. The maximum absolute atomic E-state index is 11.9. The van der Waals surface area contributed by atoms with Crippen LogP contribution in [-0.2, 0) is 19.1 Å². The molecule has 1 atom stereocenters. The van der Waals surface area contributed by atoms with Gasteiger partial charge in [0.1, 0.15) is 19.3 Å². The van der Waals surface area contributed by atoms with Crippen LogP contribution in [-0.4, -0.2) is 36.4 Å². The van der Waals surface area contributed by atoms with Crippen molar-refractivity contribution in [1.29, 1.82) is 0 Å². The molecule has 0 rings (SSSR count). The van der Waals surface area contributed by atoms with Gasteiger partial charge < -0.3 is 14.6 Å². The summed E-state index contributed by atoms with van der Waals surface area (Å²) in [5.74, 6) is -0.661. The summed E-state index contributed by atoms with van der Waals surface area (Å²) < 4.78 is 10.2. The molecule has 0 fully saturated rings. The van der Waals surface area contributed by atoms with E-state index < -0.39 is 6.10 Å². The molecule has 0 aromatic rings. The van der Waals surface area contributed by atoms with Gasteiger partial charge in [0.2, 0.25) is 0 Å². The predicted molar refractivity (Wildman–Crippen MR) is 191 cm³/mol. The molecule has 0 heterocycles. The molecule has 0 bridgehead atoms. The second-order valence-electron chi connectivity index (χ2n) is 12.0. The second kappa shape index (κ2) is 36.1. The van der Waals surface area contributed by atoms with Gasteiger partial charge in [-0.25, -0.2) is 0 Å². The van der Waals surface area contributed by atoms with Crippen LogP contribution in [0.5, 0.6) is 0 Å². The summed E-state index contributed by atoms with van der Waals surface area (Å²) in [4.78, 5) is 23.8. The standard InChI is InChI=1S/C40H68O5/c1-3-5-7-9-11-13-15-17-18-19-20-21-22-23-25-27-29-31-33-35-40(43)45-37-38(41)36-44-39(42)34-32-30-28-26-24-16-14-12-10-8-6-4-2/h11,13,17-18,20-21,23,25,29,31,38,41H,3-10,12,14-16,19,22,24,26-28,30,32-37H2,1-2H3/b13-11-,18-17-,21-20-,25-23-,31-29-/t38-/m1/s1. The number of hydrogen-bond donors (Lipinski definition) is 1. The quantitative estimate of drug-likeness (QED) is 0.0456. The summed E-state index contributed by atoms with van der Waals surface area (Å²) in [6.45, 7) is 4.19. The maximum atomic E-state index is 11.9. The van der Waals surface area contributed by atoms with Gasteiger partial charge in [0.15, 0.2) is 0 Å². The number of ether oxygens (including phenoxy) is 2. The number of allylic oxidation sites excluding steroid dienone is 10. The number of unbranched alkanes of at least 4 members (excludes halogenated alkanes) is 14. The first-order chi connectivity index (χ1) is 22.1. The van der Waals surface area contributed by atoms with E-state index in [0.29, 0.717) is 12.8 Å². The minimum atomic E-state index is -0.993. The lowest BCUT2D eigenvalue weighted by molar-refractivity contribution is -0.152. The van der Waals surface area contributed by atoms with Crippen LogP contribution in [0.1, 0.15) is 162 Å². The summed E-state index contributed by atoms with van der Waals surface area (Å²) in [6, 6.07) is 0. The van der Waals surface area contributed by atoms with Gasteiger partial charge in [-0.15, -0.1) is 0 Å². The minimum Gasteiger partial charge on any atom is -0.463 e. The molecule has 0 aliphatic rings. The molecule has 0 aromatic carbocycles. The van der Waals surface area contributed by atoms with E-state index in [9.17, 15) is 14.7 Å². The summed E-state index contributed by atoms with van der Waals surface area (Å²) >= 11 is 0. The molecule has 0 radical (unpaired) electrons. The molecule has 0 aliphatic carbocycles. The lowest BCUT2D eigenvalue weighted by Crippen LogP contribution is -2.25. The zero-order valence-electron chi connectivity index (χ0n) is 29.1. The highest BCUT2D eigenvalue weighted by atomic mass is 16.6. The van der Waals surface area contributed by atoms with Crippen LogP contribution >= 0.6 is 0 Å². The van der Waals surface area contributed by atoms with Crippen molar-refractivity contribution in [2.24, 2.45) is 0 Å². The Hall–Kier alpha value is -2.40. The highest BCUT2D eigenvalue weighted by Gasteiger charge is 2.11. The van der Waals surface area contributed by atoms with Crippen LogP contribution < -0.4 is 0 Å². The van der Waals surface area contributed by atoms with Gasteiger partial charge in [0.25, 0.3) is 0 Å². The Bertz CT molecular complexity index is 808. The molecule has 0 saturated carbocycles. The fourth-order valence-electron chi connectivity index (χ4n) is 4.71. The third kappa shape index (κ3) is 35.9. The molecule has 5 nitrogen and oxygen atoms in total. The molecule has 0 spiro atoms. The van der Waals surface area contributed by atoms with E-state index in [1.165, 1.54) is 83.5 Å². The van der Waals surface area contributed by atoms with Gasteiger partial charge in [-0.2, -0.15) is 0 Å². The Labute approximate surface area is 277 Å². The van der Waals surface area contributed by atoms with Crippen molar-refractivity contribution in [2.75, 3.05) is 13.2 Å². The second-order valence-corrected chi connectivity index (χ2v) is 12.0. The number of hydrogen-bond acceptors (Lipinski definition) is 5. The molecule has 5 heteroatoms. The molecule has 258 valence electrons. The van der Waals surface area contributed by atoms with Crippen LogP contribution in [0.2, 0.25) is 0 Å². The van der Waals surface area contributed by atoms with Crippen LogP contribution in [0, 0.1) is 0 Å². The lowest BCUT2D eigenvalue weighted by Gasteiger charge is -2.12. The molecule has 0 saturated heterocycles. The molecule has 0 unspecified atom stereocenters. The molecule has 45 heavy (non-hydrogen) atoms. The van der Waals surface area contributed by atoms with Gasteiger partial charge >= 0.3 is 11.9 Å². The number of rotatable bonds is 32. The van der Waals surface area contributed by atoms with E-state index in [0.717, 1.165) is 44.9 Å². The van der Waals surface area contributed by atoms with E-state index in [1.54, 1.807) is 0 Å². The molecule has 1 N–H and O–H groups in total. The summed E-state index contributed by atoms with van der Waals surface area (Å²) in [5.41, 5.74) is 0. The van der Waals surface area contributed by atoms with Gasteiger partial charge in [0, 0.05) is 12.8 Å². The molecule has 0 aliphatic heterocycles. The summed E-state index contributed by atoms with van der Waals surface area (Å²) in [7, 11) is 0. The van der Waals surface area contributed by atoms with Crippen molar-refractivity contribution in [3.63, 3.8) is 0 Å². The average molecular weight is 629 g/mol. The highest BCUT2D eigenvalue weighted by molar-refractivity contribution is 5.70. The fourth-order valence-corrected chi connectivity index (χ4v) is 4.71. The zero-order valence-corrected chi connectivity index (χ0v) is 29.1. The smallest absolute Gasteiger partial charge is 0.306 e. The molecular weight excluding hydrogens is 560 g/mol. The van der Waals surface area contributed by atoms with E-state index in [2.05, 4.69) is 62.5 Å². The lowest BCUT2D eigenvalue weighted by atomic mass is 10.0. The monoisotopic (exact) mass is 629 g/mol.